The van der Waals surface area contributed by atoms with Crippen LogP contribution in [0.3, 0.4) is 0 Å². The number of nitriles is 1. The molecule has 0 amide bonds. The average molecular weight is 310 g/mol. The van der Waals surface area contributed by atoms with Crippen LogP contribution in [0.5, 0.6) is 0 Å². The first-order valence-corrected chi connectivity index (χ1v) is 8.19. The summed E-state index contributed by atoms with van der Waals surface area (Å²) in [7, 11) is 0. The highest BCUT2D eigenvalue weighted by molar-refractivity contribution is 6.20. The van der Waals surface area contributed by atoms with Crippen molar-refractivity contribution in [3.8, 4) is 6.07 Å². The minimum atomic E-state index is 0.0924. The van der Waals surface area contributed by atoms with Crippen molar-refractivity contribution in [3.05, 3.63) is 70.0 Å². The number of benzene rings is 3. The molecular formula is C21H14N2O. The number of hydrogen-bond donors (Lipinski definition) is 0. The zero-order valence-electron chi connectivity index (χ0n) is 13.0. The zero-order chi connectivity index (χ0) is 16.3. The van der Waals surface area contributed by atoms with Crippen LogP contribution in [0.15, 0.2) is 53.3 Å². The van der Waals surface area contributed by atoms with E-state index in [0.717, 1.165) is 51.8 Å². The van der Waals surface area contributed by atoms with Gasteiger partial charge >= 0.3 is 0 Å². The van der Waals surface area contributed by atoms with Gasteiger partial charge in [-0.15, -0.1) is 0 Å². The summed E-state index contributed by atoms with van der Waals surface area (Å²) in [6.07, 6.45) is 1.98. The van der Waals surface area contributed by atoms with Gasteiger partial charge in [0.2, 0.25) is 0 Å². The molecule has 0 atom stereocenters. The van der Waals surface area contributed by atoms with Crippen molar-refractivity contribution in [2.24, 2.45) is 0 Å². The molecule has 0 radical (unpaired) electrons. The highest BCUT2D eigenvalue weighted by Crippen LogP contribution is 2.35. The van der Waals surface area contributed by atoms with Crippen LogP contribution in [0, 0.1) is 11.3 Å². The lowest BCUT2D eigenvalue weighted by Gasteiger charge is -2.22. The first kappa shape index (κ1) is 13.3. The van der Waals surface area contributed by atoms with E-state index in [1.54, 1.807) is 0 Å². The topological polar surface area (TPSA) is 45.8 Å². The van der Waals surface area contributed by atoms with Crippen molar-refractivity contribution in [1.29, 1.82) is 5.26 Å². The molecule has 4 aromatic rings. The summed E-state index contributed by atoms with van der Waals surface area (Å²) in [5.41, 5.74) is 3.02. The smallest absolute Gasteiger partial charge is 0.258 e. The summed E-state index contributed by atoms with van der Waals surface area (Å²) in [6.45, 7) is 0.761. The van der Waals surface area contributed by atoms with Gasteiger partial charge in [0.25, 0.3) is 5.56 Å². The van der Waals surface area contributed by atoms with Crippen LogP contribution >= 0.6 is 0 Å². The number of nitrogens with zero attached hydrogens (tertiary/aromatic N) is 2. The van der Waals surface area contributed by atoms with Gasteiger partial charge in [-0.05, 0) is 58.8 Å². The quantitative estimate of drug-likeness (QED) is 0.458. The molecule has 0 bridgehead atoms. The van der Waals surface area contributed by atoms with E-state index in [2.05, 4.69) is 12.1 Å². The molecule has 2 heterocycles. The van der Waals surface area contributed by atoms with Crippen LogP contribution in [0.25, 0.3) is 32.4 Å². The Morgan fingerprint density at radius 1 is 1.00 bits per heavy atom. The molecule has 1 aromatic heterocycles. The lowest BCUT2D eigenvalue weighted by atomic mass is 9.92. The van der Waals surface area contributed by atoms with E-state index in [1.165, 1.54) is 5.56 Å². The molecule has 1 aliphatic rings. The molecule has 0 unspecified atom stereocenters. The molecule has 0 fully saturated rings. The summed E-state index contributed by atoms with van der Waals surface area (Å²) in [5, 5.41) is 14.3. The van der Waals surface area contributed by atoms with Gasteiger partial charge in [0.1, 0.15) is 0 Å². The Kier molecular flexibility index (Phi) is 2.60. The summed E-state index contributed by atoms with van der Waals surface area (Å²) < 4.78 is 1.93. The van der Waals surface area contributed by atoms with E-state index in [4.69, 9.17) is 0 Å². The number of aryl methyl sites for hydroxylation is 2. The minimum Gasteiger partial charge on any atom is -0.307 e. The third kappa shape index (κ3) is 1.63. The minimum absolute atomic E-state index is 0.0924. The molecule has 0 saturated carbocycles. The lowest BCUT2D eigenvalue weighted by Crippen LogP contribution is -2.24. The summed E-state index contributed by atoms with van der Waals surface area (Å²) in [4.78, 5) is 12.9. The fourth-order valence-electron chi connectivity index (χ4n) is 4.06. The van der Waals surface area contributed by atoms with Crippen LogP contribution in [-0.4, -0.2) is 4.57 Å². The van der Waals surface area contributed by atoms with Crippen LogP contribution in [0.4, 0.5) is 0 Å². The van der Waals surface area contributed by atoms with Gasteiger partial charge in [-0.25, -0.2) is 0 Å². The van der Waals surface area contributed by atoms with Gasteiger partial charge in [-0.1, -0.05) is 24.3 Å². The molecule has 3 aromatic carbocycles. The highest BCUT2D eigenvalue weighted by Gasteiger charge is 2.19. The standard InChI is InChI=1S/C21H14N2O/c22-12-13-7-8-14-11-15-4-3-9-23-20(15)19(18(14)10-13)16-5-1-2-6-17(16)21(23)24/h1-2,5-8,10-11H,3-4,9H2. The second-order valence-electron chi connectivity index (χ2n) is 6.41. The molecule has 1 aliphatic heterocycles. The SMILES string of the molecule is N#Cc1ccc2cc3c4c(c2c1)c1ccccc1c(=O)n4CCC3. The Balaban J connectivity index is 2.18. The number of rotatable bonds is 0. The van der Waals surface area contributed by atoms with Crippen molar-refractivity contribution in [3.63, 3.8) is 0 Å². The van der Waals surface area contributed by atoms with Gasteiger partial charge in [0, 0.05) is 17.3 Å². The largest absolute Gasteiger partial charge is 0.307 e. The molecule has 3 heteroatoms. The number of fused-ring (bicyclic) bond motifs is 4. The maximum absolute atomic E-state index is 12.9. The second kappa shape index (κ2) is 4.69. The van der Waals surface area contributed by atoms with E-state index in [-0.39, 0.29) is 5.56 Å². The first-order valence-electron chi connectivity index (χ1n) is 8.19. The van der Waals surface area contributed by atoms with Crippen molar-refractivity contribution in [2.45, 2.75) is 19.4 Å². The Bertz CT molecular complexity index is 1260. The average Bonchev–Trinajstić information content (AvgIpc) is 2.64. The van der Waals surface area contributed by atoms with E-state index in [9.17, 15) is 10.1 Å². The van der Waals surface area contributed by atoms with Gasteiger partial charge in [-0.3, -0.25) is 4.79 Å². The van der Waals surface area contributed by atoms with Crippen LogP contribution in [-0.2, 0) is 13.0 Å². The molecule has 0 aliphatic carbocycles. The summed E-state index contributed by atoms with van der Waals surface area (Å²) in [5.74, 6) is 0. The predicted molar refractivity (Wildman–Crippen MR) is 96.3 cm³/mol. The first-order chi connectivity index (χ1) is 11.8. The van der Waals surface area contributed by atoms with Crippen LogP contribution in [0.2, 0.25) is 0 Å². The fraction of sp³-hybridized carbons (Fsp3) is 0.143. The van der Waals surface area contributed by atoms with Crippen molar-refractivity contribution < 1.29 is 0 Å². The van der Waals surface area contributed by atoms with Gasteiger partial charge in [0.15, 0.2) is 0 Å². The molecule has 24 heavy (non-hydrogen) atoms. The van der Waals surface area contributed by atoms with E-state index < -0.39 is 0 Å². The zero-order valence-corrected chi connectivity index (χ0v) is 13.0. The van der Waals surface area contributed by atoms with Gasteiger partial charge < -0.3 is 4.57 Å². The molecular weight excluding hydrogens is 296 g/mol. The third-order valence-electron chi connectivity index (χ3n) is 5.09. The molecule has 0 saturated heterocycles. The molecule has 114 valence electrons. The second-order valence-corrected chi connectivity index (χ2v) is 6.41. The van der Waals surface area contributed by atoms with E-state index in [1.807, 2.05) is 47.0 Å². The number of hydrogen-bond acceptors (Lipinski definition) is 2. The van der Waals surface area contributed by atoms with Gasteiger partial charge in [0.05, 0.1) is 17.1 Å². The highest BCUT2D eigenvalue weighted by atomic mass is 16.1. The Labute approximate surface area is 138 Å². The Morgan fingerprint density at radius 3 is 2.67 bits per heavy atom. The molecule has 3 nitrogen and oxygen atoms in total. The molecule has 0 spiro atoms. The summed E-state index contributed by atoms with van der Waals surface area (Å²) >= 11 is 0. The Morgan fingerprint density at radius 2 is 1.83 bits per heavy atom. The third-order valence-corrected chi connectivity index (χ3v) is 5.09. The van der Waals surface area contributed by atoms with Crippen LogP contribution in [0.1, 0.15) is 17.5 Å². The van der Waals surface area contributed by atoms with Gasteiger partial charge in [-0.2, -0.15) is 5.26 Å². The van der Waals surface area contributed by atoms with Crippen molar-refractivity contribution >= 4 is 32.4 Å². The van der Waals surface area contributed by atoms with E-state index in [0.29, 0.717) is 5.56 Å². The summed E-state index contributed by atoms with van der Waals surface area (Å²) in [6, 6.07) is 18.1. The van der Waals surface area contributed by atoms with Crippen molar-refractivity contribution in [1.82, 2.24) is 4.57 Å². The normalized spacial score (nSPS) is 13.5. The van der Waals surface area contributed by atoms with Crippen molar-refractivity contribution in [2.75, 3.05) is 0 Å². The Hall–Kier alpha value is -3.12. The van der Waals surface area contributed by atoms with E-state index >= 15 is 0 Å². The van der Waals surface area contributed by atoms with Crippen LogP contribution < -0.4 is 5.56 Å². The fourth-order valence-corrected chi connectivity index (χ4v) is 4.06. The monoisotopic (exact) mass is 310 g/mol. The number of aromatic nitrogens is 1. The maximum atomic E-state index is 12.9. The molecule has 0 N–H and O–H groups in total. The molecule has 5 rings (SSSR count). The maximum Gasteiger partial charge on any atom is 0.258 e. The number of pyridine rings is 1. The lowest BCUT2D eigenvalue weighted by molar-refractivity contribution is 0.620. The predicted octanol–water partition coefficient (Wildman–Crippen LogP) is 4.13.